The number of hydrogen-bond acceptors (Lipinski definition) is 2. The molecule has 0 aromatic heterocycles. The van der Waals surface area contributed by atoms with Gasteiger partial charge in [-0.1, -0.05) is 18.2 Å². The Bertz CT molecular complexity index is 290. The molecule has 0 atom stereocenters. The highest BCUT2D eigenvalue weighted by molar-refractivity contribution is 5.74. The van der Waals surface area contributed by atoms with Gasteiger partial charge in [-0.2, -0.15) is 0 Å². The van der Waals surface area contributed by atoms with Crippen LogP contribution in [0.15, 0.2) is 30.3 Å². The Kier molecular flexibility index (Phi) is 3.08. The first kappa shape index (κ1) is 8.53. The first-order chi connectivity index (χ1) is 5.86. The highest BCUT2D eigenvalue weighted by Crippen LogP contribution is 2.13. The maximum atomic E-state index is 10.0. The maximum absolute atomic E-state index is 10.0. The summed E-state index contributed by atoms with van der Waals surface area (Å²) in [7, 11) is 1.61. The van der Waals surface area contributed by atoms with Crippen LogP contribution in [0.25, 0.3) is 6.08 Å². The van der Waals surface area contributed by atoms with Gasteiger partial charge in [0.25, 0.3) is 0 Å². The molecule has 12 heavy (non-hydrogen) atoms. The van der Waals surface area contributed by atoms with Crippen molar-refractivity contribution in [3.63, 3.8) is 0 Å². The summed E-state index contributed by atoms with van der Waals surface area (Å²) < 4.78 is 5.01. The summed E-state index contributed by atoms with van der Waals surface area (Å²) in [6.45, 7) is 0. The Hall–Kier alpha value is -1.57. The van der Waals surface area contributed by atoms with Gasteiger partial charge in [-0.25, -0.2) is 0 Å². The van der Waals surface area contributed by atoms with Gasteiger partial charge in [-0.15, -0.1) is 0 Å². The normalized spacial score (nSPS) is 10.1. The van der Waals surface area contributed by atoms with Crippen molar-refractivity contribution in [2.75, 3.05) is 7.11 Å². The zero-order valence-electron chi connectivity index (χ0n) is 6.86. The SMILES string of the molecule is COc1cccc(C=CC=O)c1. The van der Waals surface area contributed by atoms with Crippen LogP contribution in [0.3, 0.4) is 0 Å². The fourth-order valence-electron chi connectivity index (χ4n) is 0.896. The van der Waals surface area contributed by atoms with Crippen molar-refractivity contribution in [3.8, 4) is 5.75 Å². The lowest BCUT2D eigenvalue weighted by atomic mass is 10.2. The predicted molar refractivity (Wildman–Crippen MR) is 48.1 cm³/mol. The largest absolute Gasteiger partial charge is 0.497 e. The lowest BCUT2D eigenvalue weighted by Gasteiger charge is -1.98. The van der Waals surface area contributed by atoms with E-state index >= 15 is 0 Å². The van der Waals surface area contributed by atoms with Crippen LogP contribution in [0.2, 0.25) is 0 Å². The van der Waals surface area contributed by atoms with E-state index in [-0.39, 0.29) is 0 Å². The van der Waals surface area contributed by atoms with E-state index in [9.17, 15) is 4.79 Å². The molecule has 0 fully saturated rings. The Morgan fingerprint density at radius 1 is 1.42 bits per heavy atom. The fraction of sp³-hybridized carbons (Fsp3) is 0.100. The minimum atomic E-state index is 0.749. The van der Waals surface area contributed by atoms with Crippen molar-refractivity contribution < 1.29 is 9.53 Å². The summed E-state index contributed by atoms with van der Waals surface area (Å²) in [6.07, 6.45) is 3.93. The van der Waals surface area contributed by atoms with Crippen molar-refractivity contribution in [1.82, 2.24) is 0 Å². The Morgan fingerprint density at radius 3 is 2.92 bits per heavy atom. The lowest BCUT2D eigenvalue weighted by Crippen LogP contribution is -1.82. The molecule has 1 aromatic rings. The highest BCUT2D eigenvalue weighted by atomic mass is 16.5. The number of benzene rings is 1. The van der Waals surface area contributed by atoms with E-state index < -0.39 is 0 Å². The van der Waals surface area contributed by atoms with Gasteiger partial charge in [0.2, 0.25) is 0 Å². The van der Waals surface area contributed by atoms with Crippen LogP contribution in [0.1, 0.15) is 5.56 Å². The van der Waals surface area contributed by atoms with Crippen molar-refractivity contribution in [3.05, 3.63) is 35.9 Å². The second kappa shape index (κ2) is 4.34. The summed E-state index contributed by atoms with van der Waals surface area (Å²) in [4.78, 5) is 10.0. The second-order valence-electron chi connectivity index (χ2n) is 2.27. The van der Waals surface area contributed by atoms with E-state index in [0.717, 1.165) is 17.6 Å². The molecule has 1 rings (SSSR count). The average Bonchev–Trinajstić information content (AvgIpc) is 2.15. The van der Waals surface area contributed by atoms with Crippen LogP contribution in [-0.4, -0.2) is 13.4 Å². The maximum Gasteiger partial charge on any atom is 0.142 e. The average molecular weight is 162 g/mol. The predicted octanol–water partition coefficient (Wildman–Crippen LogP) is 1.91. The number of aldehydes is 1. The van der Waals surface area contributed by atoms with E-state index in [4.69, 9.17) is 4.74 Å². The van der Waals surface area contributed by atoms with Crippen LogP contribution in [-0.2, 0) is 4.79 Å². The van der Waals surface area contributed by atoms with Gasteiger partial charge in [0.15, 0.2) is 0 Å². The molecule has 0 bridgehead atoms. The van der Waals surface area contributed by atoms with Crippen molar-refractivity contribution in [2.45, 2.75) is 0 Å². The molecule has 0 N–H and O–H groups in total. The topological polar surface area (TPSA) is 26.3 Å². The first-order valence-corrected chi connectivity index (χ1v) is 3.62. The van der Waals surface area contributed by atoms with E-state index in [2.05, 4.69) is 0 Å². The summed E-state index contributed by atoms with van der Waals surface area (Å²) in [5.41, 5.74) is 0.960. The Morgan fingerprint density at radius 2 is 2.25 bits per heavy atom. The van der Waals surface area contributed by atoms with Gasteiger partial charge in [0.1, 0.15) is 12.0 Å². The van der Waals surface area contributed by atoms with Crippen molar-refractivity contribution in [1.29, 1.82) is 0 Å². The molecule has 2 heteroatoms. The molecule has 0 amide bonds. The molecule has 0 spiro atoms. The second-order valence-corrected chi connectivity index (χ2v) is 2.27. The molecule has 0 saturated carbocycles. The summed E-state index contributed by atoms with van der Waals surface area (Å²) >= 11 is 0. The van der Waals surface area contributed by atoms with Gasteiger partial charge in [-0.3, -0.25) is 4.79 Å². The Balaban J connectivity index is 2.86. The van der Waals surface area contributed by atoms with Crippen LogP contribution in [0.4, 0.5) is 0 Å². The van der Waals surface area contributed by atoms with Gasteiger partial charge in [0.05, 0.1) is 7.11 Å². The molecule has 0 heterocycles. The molecule has 2 nitrogen and oxygen atoms in total. The van der Waals surface area contributed by atoms with Crippen molar-refractivity contribution >= 4 is 12.4 Å². The third-order valence-corrected chi connectivity index (χ3v) is 1.46. The van der Waals surface area contributed by atoms with Crippen LogP contribution < -0.4 is 4.74 Å². The lowest BCUT2D eigenvalue weighted by molar-refractivity contribution is -0.104. The van der Waals surface area contributed by atoms with Crippen LogP contribution in [0.5, 0.6) is 5.75 Å². The van der Waals surface area contributed by atoms with Gasteiger partial charge < -0.3 is 4.74 Å². The molecule has 0 aliphatic rings. The molecule has 0 radical (unpaired) electrons. The number of hydrogen-bond donors (Lipinski definition) is 0. The van der Waals surface area contributed by atoms with E-state index in [1.807, 2.05) is 24.3 Å². The quantitative estimate of drug-likeness (QED) is 0.501. The summed E-state index contributed by atoms with van der Waals surface area (Å²) in [5, 5.41) is 0. The van der Waals surface area contributed by atoms with E-state index in [1.165, 1.54) is 6.08 Å². The first-order valence-electron chi connectivity index (χ1n) is 3.62. The molecule has 0 unspecified atom stereocenters. The smallest absolute Gasteiger partial charge is 0.142 e. The van der Waals surface area contributed by atoms with Gasteiger partial charge >= 0.3 is 0 Å². The number of ether oxygens (including phenoxy) is 1. The minimum absolute atomic E-state index is 0.749. The van der Waals surface area contributed by atoms with Crippen molar-refractivity contribution in [2.24, 2.45) is 0 Å². The van der Waals surface area contributed by atoms with Gasteiger partial charge in [-0.05, 0) is 23.8 Å². The molecule has 0 aliphatic heterocycles. The zero-order valence-corrected chi connectivity index (χ0v) is 6.86. The minimum Gasteiger partial charge on any atom is -0.497 e. The number of rotatable bonds is 3. The van der Waals surface area contributed by atoms with E-state index in [0.29, 0.717) is 0 Å². The Labute approximate surface area is 71.5 Å². The molecule has 0 aliphatic carbocycles. The van der Waals surface area contributed by atoms with Crippen LogP contribution >= 0.6 is 0 Å². The third-order valence-electron chi connectivity index (χ3n) is 1.46. The molecule has 0 saturated heterocycles. The molecule has 62 valence electrons. The number of methoxy groups -OCH3 is 1. The zero-order chi connectivity index (χ0) is 8.81. The number of carbonyl (C=O) groups excluding carboxylic acids is 1. The third kappa shape index (κ3) is 2.23. The highest BCUT2D eigenvalue weighted by Gasteiger charge is 1.89. The summed E-state index contributed by atoms with van der Waals surface area (Å²) in [6, 6.07) is 7.50. The van der Waals surface area contributed by atoms with Gasteiger partial charge in [0, 0.05) is 0 Å². The standard InChI is InChI=1S/C10H10O2/c1-12-10-6-2-4-9(8-10)5-3-7-11/h2-8H,1H3. The number of carbonyl (C=O) groups is 1. The van der Waals surface area contributed by atoms with E-state index in [1.54, 1.807) is 13.2 Å². The number of allylic oxidation sites excluding steroid dienone is 1. The molecule has 1 aromatic carbocycles. The fourth-order valence-corrected chi connectivity index (χ4v) is 0.896. The molecular formula is C10H10O2. The van der Waals surface area contributed by atoms with Crippen LogP contribution in [0, 0.1) is 0 Å². The summed E-state index contributed by atoms with van der Waals surface area (Å²) in [5.74, 6) is 0.794. The monoisotopic (exact) mass is 162 g/mol. The molecular weight excluding hydrogens is 152 g/mol.